The van der Waals surface area contributed by atoms with Crippen molar-refractivity contribution >= 4 is 31.3 Å². The first kappa shape index (κ1) is 51.0. The van der Waals surface area contributed by atoms with Crippen LogP contribution in [-0.4, -0.2) is 113 Å². The highest BCUT2D eigenvalue weighted by molar-refractivity contribution is 8.00. The number of halogens is 26. The minimum Gasteiger partial charge on any atom is -0.302 e. The summed E-state index contributed by atoms with van der Waals surface area (Å²) in [6.07, 6.45) is -20.9. The van der Waals surface area contributed by atoms with Crippen molar-refractivity contribution in [3.05, 3.63) is 0 Å². The van der Waals surface area contributed by atoms with Gasteiger partial charge in [0.05, 0.1) is 13.2 Å². The lowest BCUT2D eigenvalue weighted by molar-refractivity contribution is -0.439. The van der Waals surface area contributed by atoms with E-state index < -0.39 is 134 Å². The lowest BCUT2D eigenvalue weighted by Gasteiger charge is -2.40. The molecule has 0 unspecified atom stereocenters. The number of thioether (sulfide) groups is 2. The zero-order chi connectivity index (χ0) is 43.5. The number of rotatable bonds is 18. The predicted octanol–water partition coefficient (Wildman–Crippen LogP) is 10.8. The van der Waals surface area contributed by atoms with Crippen molar-refractivity contribution in [1.82, 2.24) is 0 Å². The molecule has 1 fully saturated rings. The van der Waals surface area contributed by atoms with Gasteiger partial charge in [0.1, 0.15) is 0 Å². The highest BCUT2D eigenvalue weighted by Gasteiger charge is 2.92. The van der Waals surface area contributed by atoms with Gasteiger partial charge in [-0.05, 0) is 11.5 Å². The Labute approximate surface area is 290 Å². The van der Waals surface area contributed by atoms with Crippen LogP contribution in [0.3, 0.4) is 0 Å². The molecule has 0 aromatic rings. The first-order chi connectivity index (χ1) is 23.3. The lowest BCUT2D eigenvalue weighted by atomic mass is 9.93. The number of phosphoric acid groups is 1. The van der Waals surface area contributed by atoms with Crippen LogP contribution in [0.1, 0.15) is 12.8 Å². The molecule has 0 aromatic carbocycles. The van der Waals surface area contributed by atoms with Crippen LogP contribution in [-0.2, 0) is 13.6 Å². The van der Waals surface area contributed by atoms with Gasteiger partial charge in [0.2, 0.25) is 0 Å². The van der Waals surface area contributed by atoms with Crippen molar-refractivity contribution in [3.63, 3.8) is 0 Å². The molecule has 33 heteroatoms. The summed E-state index contributed by atoms with van der Waals surface area (Å²) in [6.45, 7) is -2.46. The number of hydrogen-bond acceptors (Lipinski definition) is 5. The summed E-state index contributed by atoms with van der Waals surface area (Å²) in [4.78, 5) is 9.26. The van der Waals surface area contributed by atoms with Gasteiger partial charge in [-0.15, -0.1) is 0 Å². The molecule has 1 aliphatic heterocycles. The van der Waals surface area contributed by atoms with Crippen LogP contribution < -0.4 is 0 Å². The molecule has 0 bridgehead atoms. The van der Waals surface area contributed by atoms with Crippen molar-refractivity contribution < 1.29 is 133 Å². The molecule has 1 saturated heterocycles. The van der Waals surface area contributed by atoms with E-state index >= 15 is 0 Å². The fourth-order valence-electron chi connectivity index (χ4n) is 3.62. The summed E-state index contributed by atoms with van der Waals surface area (Å²) in [7, 11) is -5.01. The van der Waals surface area contributed by atoms with Gasteiger partial charge in [-0.25, -0.2) is 4.57 Å². The highest BCUT2D eigenvalue weighted by atomic mass is 32.2. The van der Waals surface area contributed by atoms with E-state index in [4.69, 9.17) is 0 Å². The normalized spacial score (nSPS) is 19.3. The largest absolute Gasteiger partial charge is 0.472 e. The molecular formula is C21H17F26O4PS2. The van der Waals surface area contributed by atoms with Crippen molar-refractivity contribution in [2.45, 2.75) is 84.4 Å². The Morgan fingerprint density at radius 1 is 0.444 bits per heavy atom. The first-order valence-electron chi connectivity index (χ1n) is 13.0. The molecule has 0 amide bonds. The van der Waals surface area contributed by atoms with Gasteiger partial charge >= 0.3 is 79.4 Å². The van der Waals surface area contributed by atoms with E-state index in [0.717, 1.165) is 0 Å². The van der Waals surface area contributed by atoms with Crippen LogP contribution in [0, 0.1) is 5.41 Å². The van der Waals surface area contributed by atoms with Crippen LogP contribution >= 0.6 is 31.3 Å². The van der Waals surface area contributed by atoms with Gasteiger partial charge < -0.3 is 4.89 Å². The van der Waals surface area contributed by atoms with E-state index in [0.29, 0.717) is 0 Å². The second-order valence-corrected chi connectivity index (χ2v) is 14.8. The minimum atomic E-state index is -8.21. The number of phosphoric ester groups is 1. The van der Waals surface area contributed by atoms with Gasteiger partial charge in [-0.3, -0.25) is 9.05 Å². The van der Waals surface area contributed by atoms with Gasteiger partial charge in [0.15, 0.2) is 0 Å². The highest BCUT2D eigenvalue weighted by Crippen LogP contribution is 2.62. The molecule has 4 nitrogen and oxygen atoms in total. The summed E-state index contributed by atoms with van der Waals surface area (Å²) >= 11 is -0.449. The molecule has 1 rings (SSSR count). The Balaban J connectivity index is 3.14. The van der Waals surface area contributed by atoms with Gasteiger partial charge in [-0.1, -0.05) is 0 Å². The standard InChI is InChI=1S/C21H17F26O4PS2/c22-10(23,12(26,27)14(30,31)16(34,35)18(38,39)20(42,43)44)1-3-53-7-9(5-50-52(48,49)51-6-9)8-54-4-2-11(24,25)13(28,29)15(32,33)17(36,37)19(40,41)21(45,46)47/h1-8H2,(H,48,49). The van der Waals surface area contributed by atoms with Crippen molar-refractivity contribution in [2.75, 3.05) is 36.2 Å². The fourth-order valence-corrected chi connectivity index (χ4v) is 7.19. The van der Waals surface area contributed by atoms with Crippen LogP contribution in [0.25, 0.3) is 0 Å². The van der Waals surface area contributed by atoms with Crippen LogP contribution in [0.2, 0.25) is 0 Å². The van der Waals surface area contributed by atoms with Gasteiger partial charge in [-0.2, -0.15) is 138 Å². The molecule has 324 valence electrons. The first-order valence-corrected chi connectivity index (χ1v) is 16.8. The lowest BCUT2D eigenvalue weighted by Crippen LogP contribution is -2.70. The SMILES string of the molecule is O=P1(O)OCC(CSCCC(F)(F)C(F)(F)C(F)(F)C(F)(F)C(F)(F)C(F)(F)F)(CSCCC(F)(F)C(F)(F)C(F)(F)C(F)(F)C(F)(F)C(F)(F)F)CO1. The Morgan fingerprint density at radius 3 is 0.926 bits per heavy atom. The summed E-state index contributed by atoms with van der Waals surface area (Å²) in [5, 5.41) is 0. The van der Waals surface area contributed by atoms with Crippen LogP contribution in [0.4, 0.5) is 114 Å². The summed E-state index contributed by atoms with van der Waals surface area (Å²) in [6, 6.07) is 0. The third-order valence-corrected chi connectivity index (χ3v) is 10.5. The molecule has 0 spiro atoms. The van der Waals surface area contributed by atoms with Crippen molar-refractivity contribution in [1.29, 1.82) is 0 Å². The van der Waals surface area contributed by atoms with E-state index in [1.54, 1.807) is 0 Å². The monoisotopic (exact) mass is 922 g/mol. The van der Waals surface area contributed by atoms with Crippen LogP contribution in [0.5, 0.6) is 0 Å². The maximum atomic E-state index is 14.1. The van der Waals surface area contributed by atoms with E-state index in [9.17, 15) is 124 Å². The Hall–Kier alpha value is -1.01. The molecule has 0 radical (unpaired) electrons. The molecule has 0 aliphatic carbocycles. The molecule has 0 aromatic heterocycles. The molecule has 0 atom stereocenters. The van der Waals surface area contributed by atoms with E-state index in [2.05, 4.69) is 9.05 Å². The van der Waals surface area contributed by atoms with Gasteiger partial charge in [0.25, 0.3) is 0 Å². The Morgan fingerprint density at radius 2 is 0.685 bits per heavy atom. The zero-order valence-electron chi connectivity index (χ0n) is 24.9. The van der Waals surface area contributed by atoms with Crippen molar-refractivity contribution in [2.24, 2.45) is 5.41 Å². The molecule has 1 aliphatic rings. The van der Waals surface area contributed by atoms with Crippen molar-refractivity contribution in [3.8, 4) is 0 Å². The van der Waals surface area contributed by atoms with E-state index in [-0.39, 0.29) is 23.5 Å². The smallest absolute Gasteiger partial charge is 0.302 e. The average molecular weight is 922 g/mol. The second-order valence-electron chi connectivity index (χ2n) is 11.1. The fraction of sp³-hybridized carbons (Fsp3) is 1.00. The second kappa shape index (κ2) is 15.0. The van der Waals surface area contributed by atoms with Gasteiger partial charge in [0, 0.05) is 29.8 Å². The third kappa shape index (κ3) is 8.70. The number of hydrogen-bond donors (Lipinski definition) is 1. The zero-order valence-corrected chi connectivity index (χ0v) is 27.4. The molecule has 0 saturated carbocycles. The molecule has 54 heavy (non-hydrogen) atoms. The Bertz CT molecular complexity index is 1250. The predicted molar refractivity (Wildman–Crippen MR) is 130 cm³/mol. The minimum absolute atomic E-state index is 0.224. The summed E-state index contributed by atoms with van der Waals surface area (Å²) in [5.41, 5.74) is -2.15. The summed E-state index contributed by atoms with van der Waals surface area (Å²) in [5.74, 6) is -82.7. The van der Waals surface area contributed by atoms with E-state index in [1.165, 1.54) is 0 Å². The topological polar surface area (TPSA) is 55.8 Å². The summed E-state index contributed by atoms with van der Waals surface area (Å²) < 4.78 is 365. The molecular weight excluding hydrogens is 905 g/mol. The Kier molecular flexibility index (Phi) is 14.2. The van der Waals surface area contributed by atoms with Crippen LogP contribution in [0.15, 0.2) is 0 Å². The molecule has 1 N–H and O–H groups in total. The average Bonchev–Trinajstić information content (AvgIpc) is 2.97. The maximum absolute atomic E-state index is 14.1. The molecule has 1 heterocycles. The number of alkyl halides is 26. The third-order valence-electron chi connectivity index (χ3n) is 7.00. The maximum Gasteiger partial charge on any atom is 0.472 e. The van der Waals surface area contributed by atoms with E-state index in [1.807, 2.05) is 0 Å². The quantitative estimate of drug-likeness (QED) is 0.0840.